The summed E-state index contributed by atoms with van der Waals surface area (Å²) in [5.41, 5.74) is 0.759. The molecule has 0 aliphatic carbocycles. The Balaban J connectivity index is 1.55. The second-order valence-electron chi connectivity index (χ2n) is 5.96. The van der Waals surface area contributed by atoms with Gasteiger partial charge in [-0.25, -0.2) is 0 Å². The summed E-state index contributed by atoms with van der Waals surface area (Å²) in [4.78, 5) is 39.0. The fourth-order valence-electron chi connectivity index (χ4n) is 2.87. The number of amides is 2. The Kier molecular flexibility index (Phi) is 5.08. The summed E-state index contributed by atoms with van der Waals surface area (Å²) in [6.45, 7) is 3.03. The minimum absolute atomic E-state index is 0.0531. The van der Waals surface area contributed by atoms with Gasteiger partial charge >= 0.3 is 5.97 Å². The van der Waals surface area contributed by atoms with Gasteiger partial charge in [-0.15, -0.1) is 11.8 Å². The number of thioether (sulfide) groups is 1. The summed E-state index contributed by atoms with van der Waals surface area (Å²) in [6.07, 6.45) is 1.12. The first-order chi connectivity index (χ1) is 11.5. The van der Waals surface area contributed by atoms with Crippen molar-refractivity contribution in [3.05, 3.63) is 24.3 Å². The zero-order valence-electron chi connectivity index (χ0n) is 13.5. The number of fused-ring (bicyclic) bond motifs is 1. The number of carbonyl (C=O) groups is 3. The molecule has 0 aromatic heterocycles. The maximum atomic E-state index is 12.2. The summed E-state index contributed by atoms with van der Waals surface area (Å²) in [5, 5.41) is 2.25. The zero-order valence-corrected chi connectivity index (χ0v) is 14.3. The largest absolute Gasteiger partial charge is 0.452 e. The van der Waals surface area contributed by atoms with E-state index in [1.165, 1.54) is 11.8 Å². The maximum Gasteiger partial charge on any atom is 0.308 e. The van der Waals surface area contributed by atoms with Gasteiger partial charge in [0.2, 0.25) is 5.91 Å². The number of rotatable bonds is 4. The molecule has 24 heavy (non-hydrogen) atoms. The summed E-state index contributed by atoms with van der Waals surface area (Å²) in [6, 6.07) is 7.46. The van der Waals surface area contributed by atoms with E-state index in [1.54, 1.807) is 11.8 Å². The van der Waals surface area contributed by atoms with Crippen LogP contribution in [0.2, 0.25) is 0 Å². The molecular weight excluding hydrogens is 328 g/mol. The molecule has 1 aromatic carbocycles. The van der Waals surface area contributed by atoms with E-state index in [-0.39, 0.29) is 18.2 Å². The van der Waals surface area contributed by atoms with Crippen LogP contribution < -0.4 is 5.32 Å². The molecule has 0 radical (unpaired) electrons. The zero-order chi connectivity index (χ0) is 17.1. The molecule has 0 saturated carbocycles. The van der Waals surface area contributed by atoms with E-state index in [0.717, 1.165) is 36.5 Å². The number of anilines is 1. The lowest BCUT2D eigenvalue weighted by Crippen LogP contribution is -2.39. The quantitative estimate of drug-likeness (QED) is 0.843. The van der Waals surface area contributed by atoms with Gasteiger partial charge < -0.3 is 15.0 Å². The minimum atomic E-state index is -0.806. The van der Waals surface area contributed by atoms with Crippen molar-refractivity contribution in [3.8, 4) is 0 Å². The number of carbonyl (C=O) groups excluding carboxylic acids is 3. The normalized spacial score (nSPS) is 21.0. The number of esters is 1. The molecule has 1 N–H and O–H groups in total. The van der Waals surface area contributed by atoms with Gasteiger partial charge in [0.25, 0.3) is 5.91 Å². The smallest absolute Gasteiger partial charge is 0.308 e. The standard InChI is InChI=1S/C17H20N2O4S/c1-11(17(22)19-8-4-5-9-19)23-15(20)10-14-16(21)18-12-6-2-3-7-13(12)24-14/h2-3,6-7,11,14H,4-5,8-10H2,1H3,(H,18,21)/t11-,14-/m0/s1. The molecule has 128 valence electrons. The number of nitrogens with zero attached hydrogens (tertiary/aromatic N) is 1. The molecule has 2 aliphatic rings. The van der Waals surface area contributed by atoms with Crippen molar-refractivity contribution >= 4 is 35.2 Å². The lowest BCUT2D eigenvalue weighted by Gasteiger charge is -2.24. The van der Waals surface area contributed by atoms with Crippen molar-refractivity contribution in [1.82, 2.24) is 4.90 Å². The van der Waals surface area contributed by atoms with E-state index < -0.39 is 17.3 Å². The van der Waals surface area contributed by atoms with E-state index in [4.69, 9.17) is 4.74 Å². The summed E-state index contributed by atoms with van der Waals surface area (Å²) in [7, 11) is 0. The third-order valence-corrected chi connectivity index (χ3v) is 5.41. The van der Waals surface area contributed by atoms with Crippen LogP contribution in [-0.2, 0) is 19.1 Å². The van der Waals surface area contributed by atoms with E-state index in [0.29, 0.717) is 0 Å². The van der Waals surface area contributed by atoms with Gasteiger partial charge in [-0.2, -0.15) is 0 Å². The Bertz CT molecular complexity index is 658. The maximum absolute atomic E-state index is 12.2. The fraction of sp³-hybridized carbons (Fsp3) is 0.471. The van der Waals surface area contributed by atoms with Crippen molar-refractivity contribution in [2.45, 2.75) is 42.4 Å². The SMILES string of the molecule is C[C@H](OC(=O)C[C@@H]1Sc2ccccc2NC1=O)C(=O)N1CCCC1. The van der Waals surface area contributed by atoms with Gasteiger partial charge in [0.1, 0.15) is 0 Å². The Morgan fingerprint density at radius 1 is 1.33 bits per heavy atom. The first kappa shape index (κ1) is 16.8. The van der Waals surface area contributed by atoms with Gasteiger partial charge in [0.05, 0.1) is 17.4 Å². The second kappa shape index (κ2) is 7.25. The summed E-state index contributed by atoms with van der Waals surface area (Å²) < 4.78 is 5.24. The Morgan fingerprint density at radius 2 is 2.04 bits per heavy atom. The van der Waals surface area contributed by atoms with Gasteiger partial charge in [-0.05, 0) is 31.9 Å². The number of hydrogen-bond donors (Lipinski definition) is 1. The number of nitrogens with one attached hydrogen (secondary N) is 1. The number of para-hydroxylation sites is 1. The first-order valence-corrected chi connectivity index (χ1v) is 8.97. The Hall–Kier alpha value is -2.02. The lowest BCUT2D eigenvalue weighted by atomic mass is 10.2. The highest BCUT2D eigenvalue weighted by Crippen LogP contribution is 2.36. The third-order valence-electron chi connectivity index (χ3n) is 4.13. The van der Waals surface area contributed by atoms with Crippen LogP contribution >= 0.6 is 11.8 Å². The topological polar surface area (TPSA) is 75.7 Å². The van der Waals surface area contributed by atoms with Crippen molar-refractivity contribution in [3.63, 3.8) is 0 Å². The lowest BCUT2D eigenvalue weighted by molar-refractivity contribution is -0.158. The second-order valence-corrected chi connectivity index (χ2v) is 7.21. The van der Waals surface area contributed by atoms with E-state index in [1.807, 2.05) is 24.3 Å². The molecule has 1 saturated heterocycles. The number of benzene rings is 1. The van der Waals surface area contributed by atoms with Crippen LogP contribution in [0.1, 0.15) is 26.2 Å². The molecule has 2 atom stereocenters. The molecule has 1 fully saturated rings. The van der Waals surface area contributed by atoms with Crippen LogP contribution in [0, 0.1) is 0 Å². The van der Waals surface area contributed by atoms with Gasteiger partial charge in [0.15, 0.2) is 6.10 Å². The number of likely N-dealkylation sites (tertiary alicyclic amines) is 1. The van der Waals surface area contributed by atoms with Crippen LogP contribution in [-0.4, -0.2) is 47.1 Å². The molecule has 2 aliphatic heterocycles. The predicted molar refractivity (Wildman–Crippen MR) is 90.7 cm³/mol. The number of hydrogen-bond acceptors (Lipinski definition) is 5. The Morgan fingerprint density at radius 3 is 2.79 bits per heavy atom. The van der Waals surface area contributed by atoms with Crippen LogP contribution in [0.4, 0.5) is 5.69 Å². The van der Waals surface area contributed by atoms with Crippen LogP contribution in [0.3, 0.4) is 0 Å². The average molecular weight is 348 g/mol. The highest BCUT2D eigenvalue weighted by molar-refractivity contribution is 8.01. The van der Waals surface area contributed by atoms with Crippen LogP contribution in [0.15, 0.2) is 29.2 Å². The van der Waals surface area contributed by atoms with Crippen molar-refractivity contribution in [2.75, 3.05) is 18.4 Å². The summed E-state index contributed by atoms with van der Waals surface area (Å²) in [5.74, 6) is -0.900. The predicted octanol–water partition coefficient (Wildman–Crippen LogP) is 2.04. The molecule has 2 amide bonds. The van der Waals surface area contributed by atoms with E-state index in [9.17, 15) is 14.4 Å². The Labute approximate surface area is 144 Å². The van der Waals surface area contributed by atoms with Crippen molar-refractivity contribution in [2.24, 2.45) is 0 Å². The molecule has 0 bridgehead atoms. The summed E-state index contributed by atoms with van der Waals surface area (Å²) >= 11 is 1.35. The molecule has 0 unspecified atom stereocenters. The fourth-order valence-corrected chi connectivity index (χ4v) is 3.96. The average Bonchev–Trinajstić information content (AvgIpc) is 3.09. The molecule has 1 aromatic rings. The molecule has 7 heteroatoms. The van der Waals surface area contributed by atoms with Gasteiger partial charge in [-0.1, -0.05) is 12.1 Å². The minimum Gasteiger partial charge on any atom is -0.452 e. The molecular formula is C17H20N2O4S. The molecule has 0 spiro atoms. The molecule has 2 heterocycles. The highest BCUT2D eigenvalue weighted by atomic mass is 32.2. The molecule has 6 nitrogen and oxygen atoms in total. The van der Waals surface area contributed by atoms with E-state index >= 15 is 0 Å². The first-order valence-electron chi connectivity index (χ1n) is 8.09. The van der Waals surface area contributed by atoms with Crippen molar-refractivity contribution < 1.29 is 19.1 Å². The van der Waals surface area contributed by atoms with Gasteiger partial charge in [-0.3, -0.25) is 14.4 Å². The van der Waals surface area contributed by atoms with Crippen LogP contribution in [0.25, 0.3) is 0 Å². The third kappa shape index (κ3) is 3.72. The van der Waals surface area contributed by atoms with Gasteiger partial charge in [0, 0.05) is 18.0 Å². The molecule has 3 rings (SSSR count). The van der Waals surface area contributed by atoms with E-state index in [2.05, 4.69) is 5.32 Å². The highest BCUT2D eigenvalue weighted by Gasteiger charge is 2.31. The monoisotopic (exact) mass is 348 g/mol. The van der Waals surface area contributed by atoms with Crippen LogP contribution in [0.5, 0.6) is 0 Å². The van der Waals surface area contributed by atoms with Crippen molar-refractivity contribution in [1.29, 1.82) is 0 Å². The number of ether oxygens (including phenoxy) is 1.